The summed E-state index contributed by atoms with van der Waals surface area (Å²) in [4.78, 5) is 33.9. The highest BCUT2D eigenvalue weighted by molar-refractivity contribution is 5.95. The normalized spacial score (nSPS) is 11.8. The molecular weight excluding hydrogens is 306 g/mol. The topological polar surface area (TPSA) is 126 Å². The minimum atomic E-state index is -1.36. The summed E-state index contributed by atoms with van der Waals surface area (Å²) >= 11 is 0. The first-order valence-electron chi connectivity index (χ1n) is 6.98. The van der Waals surface area contributed by atoms with Crippen molar-refractivity contribution >= 4 is 23.3 Å². The lowest BCUT2D eigenvalue weighted by Gasteiger charge is -2.21. The molecule has 9 nitrogen and oxygen atoms in total. The highest BCUT2D eigenvalue weighted by atomic mass is 16.6. The van der Waals surface area contributed by atoms with Gasteiger partial charge in [0.05, 0.1) is 44.1 Å². The van der Waals surface area contributed by atoms with Gasteiger partial charge < -0.3 is 24.9 Å². The molecule has 1 aromatic rings. The zero-order valence-corrected chi connectivity index (χ0v) is 13.1. The number of nitrogens with one attached hydrogen (secondary N) is 2. The minimum Gasteiger partial charge on any atom is -0.544 e. The molecule has 0 bridgehead atoms. The minimum absolute atomic E-state index is 0.0192. The Kier molecular flexibility index (Phi) is 6.46. The van der Waals surface area contributed by atoms with E-state index in [0.29, 0.717) is 17.3 Å². The van der Waals surface area contributed by atoms with Gasteiger partial charge in [0.1, 0.15) is 17.5 Å². The van der Waals surface area contributed by atoms with Crippen LogP contribution in [-0.4, -0.2) is 43.5 Å². The van der Waals surface area contributed by atoms with Crippen LogP contribution in [0.3, 0.4) is 0 Å². The lowest BCUT2D eigenvalue weighted by molar-refractivity contribution is -0.878. The fourth-order valence-electron chi connectivity index (χ4n) is 1.93. The number of benzene rings is 1. The van der Waals surface area contributed by atoms with Crippen LogP contribution in [0.5, 0.6) is 5.75 Å². The van der Waals surface area contributed by atoms with E-state index in [1.165, 1.54) is 18.2 Å². The van der Waals surface area contributed by atoms with Crippen LogP contribution in [0.25, 0.3) is 0 Å². The summed E-state index contributed by atoms with van der Waals surface area (Å²) in [6.07, 6.45) is -0.352. The maximum atomic E-state index is 11.9. The molecule has 0 saturated carbocycles. The number of carbonyl (C=O) groups excluding carboxylic acids is 2. The van der Waals surface area contributed by atoms with Crippen LogP contribution < -0.4 is 20.1 Å². The molecule has 126 valence electrons. The van der Waals surface area contributed by atoms with Gasteiger partial charge in [0, 0.05) is 0 Å². The van der Waals surface area contributed by atoms with E-state index < -0.39 is 22.8 Å². The first-order chi connectivity index (χ1) is 10.8. The van der Waals surface area contributed by atoms with Crippen LogP contribution in [0, 0.1) is 10.1 Å². The molecule has 0 aliphatic rings. The number of carboxylic acids is 1. The second-order valence-corrected chi connectivity index (χ2v) is 5.07. The van der Waals surface area contributed by atoms with Crippen molar-refractivity contribution in [3.63, 3.8) is 0 Å². The van der Waals surface area contributed by atoms with Gasteiger partial charge in [-0.15, -0.1) is 0 Å². The summed E-state index contributed by atoms with van der Waals surface area (Å²) in [5.74, 6) is -1.70. The number of nitrogens with zero attached hydrogens (tertiary/aromatic N) is 1. The summed E-state index contributed by atoms with van der Waals surface area (Å²) in [6.45, 7) is 2.09. The summed E-state index contributed by atoms with van der Waals surface area (Å²) in [6, 6.07) is 2.99. The van der Waals surface area contributed by atoms with Crippen LogP contribution in [-0.2, 0) is 9.59 Å². The smallest absolute Gasteiger partial charge is 0.296 e. The molecule has 9 heteroatoms. The molecule has 23 heavy (non-hydrogen) atoms. The molecule has 1 rings (SSSR count). The summed E-state index contributed by atoms with van der Waals surface area (Å²) in [5.41, 5.74) is -0.346. The second-order valence-electron chi connectivity index (χ2n) is 5.07. The van der Waals surface area contributed by atoms with Gasteiger partial charge in [0.25, 0.3) is 5.69 Å². The van der Waals surface area contributed by atoms with Crippen molar-refractivity contribution in [1.29, 1.82) is 0 Å². The summed E-state index contributed by atoms with van der Waals surface area (Å²) in [7, 11) is 3.15. The van der Waals surface area contributed by atoms with Crippen LogP contribution in [0.15, 0.2) is 18.2 Å². The van der Waals surface area contributed by atoms with E-state index in [1.807, 2.05) is 0 Å². The monoisotopic (exact) mass is 325 g/mol. The van der Waals surface area contributed by atoms with E-state index in [4.69, 9.17) is 4.74 Å². The largest absolute Gasteiger partial charge is 0.544 e. The van der Waals surface area contributed by atoms with Gasteiger partial charge in [0.2, 0.25) is 5.91 Å². The Morgan fingerprint density at radius 3 is 2.52 bits per heavy atom. The standard InChI is InChI=1S/C14H19N3O6/c1-4-23-9-5-6-10(11(7-9)17(21)22)15-13(18)8-12(14(19)20)16(2)3/h5-7,12H,4,8H2,1-3H3,(H,15,18)(H,19,20)/t12-/m0/s1. The summed E-state index contributed by atoms with van der Waals surface area (Å²) in [5, 5.41) is 24.4. The quantitative estimate of drug-likeness (QED) is 0.446. The van der Waals surface area contributed by atoms with Gasteiger partial charge in [0.15, 0.2) is 0 Å². The summed E-state index contributed by atoms with van der Waals surface area (Å²) < 4.78 is 5.18. The van der Waals surface area contributed by atoms with E-state index in [9.17, 15) is 24.8 Å². The first kappa shape index (κ1) is 18.4. The molecule has 0 radical (unpaired) electrons. The fourth-order valence-corrected chi connectivity index (χ4v) is 1.93. The Labute approximate surface area is 133 Å². The third-order valence-electron chi connectivity index (χ3n) is 3.12. The number of hydrogen-bond donors (Lipinski definition) is 2. The molecule has 1 atom stereocenters. The molecule has 2 N–H and O–H groups in total. The average molecular weight is 325 g/mol. The number of quaternary nitrogens is 1. The Hall–Kier alpha value is -2.68. The molecular formula is C14H19N3O6. The van der Waals surface area contributed by atoms with Crippen molar-refractivity contribution in [2.45, 2.75) is 19.4 Å². The number of carboxylic acid groups (broad SMARTS) is 1. The van der Waals surface area contributed by atoms with Gasteiger partial charge in [-0.3, -0.25) is 14.9 Å². The van der Waals surface area contributed by atoms with Crippen LogP contribution in [0.4, 0.5) is 11.4 Å². The van der Waals surface area contributed by atoms with Crippen molar-refractivity contribution in [3.8, 4) is 5.75 Å². The number of likely N-dealkylation sites (N-methyl/N-ethyl adjacent to an activating group) is 1. The lowest BCUT2D eigenvalue weighted by atomic mass is 10.1. The first-order valence-corrected chi connectivity index (χ1v) is 6.98. The molecule has 0 heterocycles. The van der Waals surface area contributed by atoms with Crippen LogP contribution >= 0.6 is 0 Å². The highest BCUT2D eigenvalue weighted by Gasteiger charge is 2.23. The van der Waals surface area contributed by atoms with Crippen molar-refractivity contribution in [1.82, 2.24) is 0 Å². The lowest BCUT2D eigenvalue weighted by Crippen LogP contribution is -3.12. The number of rotatable bonds is 8. The SMILES string of the molecule is CCOc1ccc(NC(=O)C[C@@H](C(=O)[O-])[NH+](C)C)c([N+](=O)[O-])c1. The predicted molar refractivity (Wildman–Crippen MR) is 79.1 cm³/mol. The molecule has 0 aromatic heterocycles. The average Bonchev–Trinajstić information content (AvgIpc) is 2.45. The maximum absolute atomic E-state index is 11.9. The van der Waals surface area contributed by atoms with Crippen LogP contribution in [0.1, 0.15) is 13.3 Å². The van der Waals surface area contributed by atoms with Gasteiger partial charge in [-0.1, -0.05) is 0 Å². The third kappa shape index (κ3) is 5.22. The molecule has 1 aromatic carbocycles. The molecule has 0 fully saturated rings. The number of nitro benzene ring substituents is 1. The Bertz CT molecular complexity index is 602. The van der Waals surface area contributed by atoms with E-state index >= 15 is 0 Å². The zero-order chi connectivity index (χ0) is 17.6. The van der Waals surface area contributed by atoms with Gasteiger partial charge in [-0.05, 0) is 19.1 Å². The fraction of sp³-hybridized carbons (Fsp3) is 0.429. The van der Waals surface area contributed by atoms with Gasteiger partial charge in [-0.25, -0.2) is 0 Å². The van der Waals surface area contributed by atoms with E-state index in [1.54, 1.807) is 21.0 Å². The van der Waals surface area contributed by atoms with E-state index in [-0.39, 0.29) is 17.8 Å². The van der Waals surface area contributed by atoms with Crippen molar-refractivity contribution in [3.05, 3.63) is 28.3 Å². The predicted octanol–water partition coefficient (Wildman–Crippen LogP) is -1.41. The number of ether oxygens (including phenoxy) is 1. The van der Waals surface area contributed by atoms with Crippen LogP contribution in [0.2, 0.25) is 0 Å². The van der Waals surface area contributed by atoms with Crippen molar-refractivity contribution < 1.29 is 29.3 Å². The highest BCUT2D eigenvalue weighted by Crippen LogP contribution is 2.29. The molecule has 0 saturated heterocycles. The maximum Gasteiger partial charge on any atom is 0.296 e. The number of hydrogen-bond acceptors (Lipinski definition) is 6. The van der Waals surface area contributed by atoms with Gasteiger partial charge >= 0.3 is 0 Å². The Morgan fingerprint density at radius 1 is 1.39 bits per heavy atom. The number of aliphatic carboxylic acids is 1. The molecule has 0 aliphatic heterocycles. The van der Waals surface area contributed by atoms with Crippen molar-refractivity contribution in [2.24, 2.45) is 0 Å². The molecule has 1 amide bonds. The Balaban J connectivity index is 2.93. The second kappa shape index (κ2) is 8.08. The number of anilines is 1. The zero-order valence-electron chi connectivity index (χ0n) is 13.1. The molecule has 0 unspecified atom stereocenters. The van der Waals surface area contributed by atoms with Gasteiger partial charge in [-0.2, -0.15) is 0 Å². The molecule has 0 aliphatic carbocycles. The molecule has 0 spiro atoms. The number of amides is 1. The Morgan fingerprint density at radius 2 is 2.04 bits per heavy atom. The number of nitro groups is 1. The van der Waals surface area contributed by atoms with E-state index in [0.717, 1.165) is 0 Å². The third-order valence-corrected chi connectivity index (χ3v) is 3.12. The number of carbonyl (C=O) groups is 2. The van der Waals surface area contributed by atoms with Crippen molar-refractivity contribution in [2.75, 3.05) is 26.0 Å². The van der Waals surface area contributed by atoms with E-state index in [2.05, 4.69) is 5.32 Å².